The highest BCUT2D eigenvalue weighted by Crippen LogP contribution is 2.18. The number of fused-ring (bicyclic) bond motifs is 1. The lowest BCUT2D eigenvalue weighted by molar-refractivity contribution is 0.575. The Kier molecular flexibility index (Phi) is 4.18. The molecule has 3 rings (SSSR count). The van der Waals surface area contributed by atoms with Gasteiger partial charge in [0, 0.05) is 29.2 Å². The second-order valence-corrected chi connectivity index (χ2v) is 5.62. The molecule has 0 radical (unpaired) electrons. The van der Waals surface area contributed by atoms with Crippen molar-refractivity contribution in [1.82, 2.24) is 10.3 Å². The minimum atomic E-state index is 0.258. The maximum atomic E-state index is 6.04. The summed E-state index contributed by atoms with van der Waals surface area (Å²) in [6.45, 7) is 2.97. The van der Waals surface area contributed by atoms with Gasteiger partial charge in [-0.15, -0.1) is 0 Å². The molecule has 0 saturated carbocycles. The van der Waals surface area contributed by atoms with Crippen LogP contribution >= 0.6 is 11.6 Å². The molecule has 0 amide bonds. The average Bonchev–Trinajstić information content (AvgIpc) is 2.52. The van der Waals surface area contributed by atoms with E-state index in [2.05, 4.69) is 47.6 Å². The highest BCUT2D eigenvalue weighted by molar-refractivity contribution is 6.30. The maximum Gasteiger partial charge on any atom is 0.0702 e. The second-order valence-electron chi connectivity index (χ2n) is 5.19. The third-order valence-electron chi connectivity index (χ3n) is 3.63. The van der Waals surface area contributed by atoms with Gasteiger partial charge in [0.1, 0.15) is 0 Å². The zero-order valence-corrected chi connectivity index (χ0v) is 12.6. The lowest BCUT2D eigenvalue weighted by atomic mass is 10.1. The predicted octanol–water partition coefficient (Wildman–Crippen LogP) is 4.74. The van der Waals surface area contributed by atoms with Gasteiger partial charge in [-0.3, -0.25) is 4.98 Å². The molecule has 0 aliphatic heterocycles. The normalized spacial score (nSPS) is 12.5. The van der Waals surface area contributed by atoms with Crippen molar-refractivity contribution in [2.75, 3.05) is 0 Å². The third kappa shape index (κ3) is 3.41. The van der Waals surface area contributed by atoms with Crippen LogP contribution in [0.25, 0.3) is 10.9 Å². The van der Waals surface area contributed by atoms with Crippen LogP contribution in [0.15, 0.2) is 60.8 Å². The molecular weight excluding hydrogens is 280 g/mol. The molecule has 0 aliphatic carbocycles. The number of nitrogens with one attached hydrogen (secondary N) is 1. The summed E-state index contributed by atoms with van der Waals surface area (Å²) < 4.78 is 0. The number of rotatable bonds is 4. The van der Waals surface area contributed by atoms with Crippen molar-refractivity contribution in [3.05, 3.63) is 76.9 Å². The highest BCUT2D eigenvalue weighted by atomic mass is 35.5. The number of aromatic nitrogens is 1. The van der Waals surface area contributed by atoms with Gasteiger partial charge in [-0.05, 0) is 48.4 Å². The highest BCUT2D eigenvalue weighted by Gasteiger charge is 2.05. The lowest BCUT2D eigenvalue weighted by Crippen LogP contribution is -2.18. The van der Waals surface area contributed by atoms with Gasteiger partial charge in [0.25, 0.3) is 0 Å². The minimum absolute atomic E-state index is 0.258. The molecule has 1 unspecified atom stereocenters. The number of benzene rings is 2. The molecule has 0 saturated heterocycles. The first-order chi connectivity index (χ1) is 10.2. The van der Waals surface area contributed by atoms with E-state index in [0.717, 1.165) is 17.1 Å². The van der Waals surface area contributed by atoms with Crippen LogP contribution in [0.1, 0.15) is 24.1 Å². The Morgan fingerprint density at radius 1 is 1.10 bits per heavy atom. The molecular formula is C18H17ClN2. The van der Waals surface area contributed by atoms with Gasteiger partial charge in [-0.25, -0.2) is 0 Å². The van der Waals surface area contributed by atoms with Gasteiger partial charge in [-0.1, -0.05) is 35.9 Å². The summed E-state index contributed by atoms with van der Waals surface area (Å²) in [4.78, 5) is 4.34. The first-order valence-electron chi connectivity index (χ1n) is 7.05. The molecule has 1 atom stereocenters. The van der Waals surface area contributed by atoms with Crippen LogP contribution in [0, 0.1) is 0 Å². The van der Waals surface area contributed by atoms with Crippen molar-refractivity contribution in [3.8, 4) is 0 Å². The fourth-order valence-electron chi connectivity index (χ4n) is 2.40. The number of halogens is 1. The quantitative estimate of drug-likeness (QED) is 0.752. The Labute approximate surface area is 129 Å². The van der Waals surface area contributed by atoms with E-state index in [-0.39, 0.29) is 6.04 Å². The Bertz CT molecular complexity index is 755. The summed E-state index contributed by atoms with van der Waals surface area (Å²) in [7, 11) is 0. The molecule has 106 valence electrons. The number of hydrogen-bond acceptors (Lipinski definition) is 2. The average molecular weight is 297 g/mol. The van der Waals surface area contributed by atoms with Gasteiger partial charge in [0.05, 0.1) is 5.52 Å². The Balaban J connectivity index is 1.71. The van der Waals surface area contributed by atoms with E-state index in [9.17, 15) is 0 Å². The molecule has 2 aromatic carbocycles. The van der Waals surface area contributed by atoms with Crippen molar-refractivity contribution in [3.63, 3.8) is 0 Å². The van der Waals surface area contributed by atoms with Gasteiger partial charge >= 0.3 is 0 Å². The Hall–Kier alpha value is -1.90. The van der Waals surface area contributed by atoms with Crippen LogP contribution in [0.5, 0.6) is 0 Å². The fraction of sp³-hybridized carbons (Fsp3) is 0.167. The molecule has 0 spiro atoms. The lowest BCUT2D eigenvalue weighted by Gasteiger charge is -2.15. The monoisotopic (exact) mass is 296 g/mol. The van der Waals surface area contributed by atoms with Crippen LogP contribution in [-0.4, -0.2) is 4.98 Å². The van der Waals surface area contributed by atoms with E-state index in [4.69, 9.17) is 11.6 Å². The Morgan fingerprint density at radius 2 is 2.00 bits per heavy atom. The molecule has 1 aromatic heterocycles. The Morgan fingerprint density at radius 3 is 2.86 bits per heavy atom. The third-order valence-corrected chi connectivity index (χ3v) is 3.86. The smallest absolute Gasteiger partial charge is 0.0702 e. The summed E-state index contributed by atoms with van der Waals surface area (Å²) in [6.07, 6.45) is 1.82. The van der Waals surface area contributed by atoms with Crippen molar-refractivity contribution in [2.45, 2.75) is 19.5 Å². The number of nitrogens with zero attached hydrogens (tertiary/aromatic N) is 1. The molecule has 1 heterocycles. The van der Waals surface area contributed by atoms with Crippen LogP contribution in [0.3, 0.4) is 0 Å². The first kappa shape index (κ1) is 14.1. The van der Waals surface area contributed by atoms with E-state index < -0.39 is 0 Å². The van der Waals surface area contributed by atoms with Crippen LogP contribution in [-0.2, 0) is 6.54 Å². The van der Waals surface area contributed by atoms with E-state index in [1.165, 1.54) is 16.5 Å². The predicted molar refractivity (Wildman–Crippen MR) is 88.4 cm³/mol. The van der Waals surface area contributed by atoms with Gasteiger partial charge in [-0.2, -0.15) is 0 Å². The van der Waals surface area contributed by atoms with Crippen LogP contribution in [0.4, 0.5) is 0 Å². The van der Waals surface area contributed by atoms with E-state index >= 15 is 0 Å². The van der Waals surface area contributed by atoms with Crippen molar-refractivity contribution < 1.29 is 0 Å². The topological polar surface area (TPSA) is 24.9 Å². The first-order valence-corrected chi connectivity index (χ1v) is 7.43. The molecule has 1 N–H and O–H groups in total. The van der Waals surface area contributed by atoms with Crippen LogP contribution < -0.4 is 5.32 Å². The zero-order chi connectivity index (χ0) is 14.7. The van der Waals surface area contributed by atoms with Crippen LogP contribution in [0.2, 0.25) is 5.02 Å². The number of hydrogen-bond donors (Lipinski definition) is 1. The summed E-state index contributed by atoms with van der Waals surface area (Å²) in [5.74, 6) is 0. The van der Waals surface area contributed by atoms with Gasteiger partial charge < -0.3 is 5.32 Å². The summed E-state index contributed by atoms with van der Waals surface area (Å²) >= 11 is 6.04. The van der Waals surface area contributed by atoms with E-state index in [1.807, 2.05) is 30.5 Å². The molecule has 0 bridgehead atoms. The summed E-state index contributed by atoms with van der Waals surface area (Å²) in [5, 5.41) is 5.48. The van der Waals surface area contributed by atoms with Crippen molar-refractivity contribution in [1.29, 1.82) is 0 Å². The molecule has 0 fully saturated rings. The molecule has 3 aromatic rings. The maximum absolute atomic E-state index is 6.04. The van der Waals surface area contributed by atoms with E-state index in [0.29, 0.717) is 0 Å². The SMILES string of the molecule is CC(NCc1ccc2ncccc2c1)c1cccc(Cl)c1. The van der Waals surface area contributed by atoms with Gasteiger partial charge in [0.15, 0.2) is 0 Å². The van der Waals surface area contributed by atoms with E-state index in [1.54, 1.807) is 0 Å². The fourth-order valence-corrected chi connectivity index (χ4v) is 2.60. The second kappa shape index (κ2) is 6.25. The molecule has 3 heteroatoms. The van der Waals surface area contributed by atoms with Gasteiger partial charge in [0.2, 0.25) is 0 Å². The zero-order valence-electron chi connectivity index (χ0n) is 11.9. The summed E-state index contributed by atoms with van der Waals surface area (Å²) in [5.41, 5.74) is 3.48. The summed E-state index contributed by atoms with van der Waals surface area (Å²) in [6, 6.07) is 18.7. The standard InChI is InChI=1S/C18H17ClN2/c1-13(15-4-2-6-17(19)11-15)21-12-14-7-8-18-16(10-14)5-3-9-20-18/h2-11,13,21H,12H2,1H3. The van der Waals surface area contributed by atoms with Crippen molar-refractivity contribution in [2.24, 2.45) is 0 Å². The number of pyridine rings is 1. The van der Waals surface area contributed by atoms with Crippen molar-refractivity contribution >= 4 is 22.5 Å². The molecule has 2 nitrogen and oxygen atoms in total. The molecule has 21 heavy (non-hydrogen) atoms. The largest absolute Gasteiger partial charge is 0.306 e. The molecule has 0 aliphatic rings. The minimum Gasteiger partial charge on any atom is -0.306 e.